The van der Waals surface area contributed by atoms with E-state index in [1.165, 1.54) is 42.0 Å². The molecule has 0 aliphatic carbocycles. The Morgan fingerprint density at radius 2 is 1.97 bits per heavy atom. The molecule has 2 aromatic carbocycles. The van der Waals surface area contributed by atoms with Crippen molar-refractivity contribution in [3.63, 3.8) is 0 Å². The summed E-state index contributed by atoms with van der Waals surface area (Å²) in [6.07, 6.45) is -0.392. The van der Waals surface area contributed by atoms with Crippen LogP contribution in [-0.2, 0) is 13.8 Å². The third kappa shape index (κ3) is 6.14. The molecule has 1 aliphatic heterocycles. The number of para-hydroxylation sites is 1. The number of aryl methyl sites for hydroxylation is 1. The fraction of sp³-hybridized carbons (Fsp3) is 0.304. The molecule has 12 nitrogen and oxygen atoms in total. The van der Waals surface area contributed by atoms with Crippen LogP contribution in [0.4, 0.5) is 0 Å². The van der Waals surface area contributed by atoms with Crippen molar-refractivity contribution in [3.8, 4) is 5.75 Å². The van der Waals surface area contributed by atoms with E-state index >= 15 is 0 Å². The highest BCUT2D eigenvalue weighted by molar-refractivity contribution is 7.54. The predicted molar refractivity (Wildman–Crippen MR) is 135 cm³/mol. The zero-order chi connectivity index (χ0) is 26.6. The molecule has 1 aliphatic rings. The second-order valence-electron chi connectivity index (χ2n) is 8.28. The summed E-state index contributed by atoms with van der Waals surface area (Å²) >= 11 is 5.93. The molecule has 1 fully saturated rings. The van der Waals surface area contributed by atoms with E-state index in [2.05, 4.69) is 15.0 Å². The van der Waals surface area contributed by atoms with Crippen LogP contribution in [0.1, 0.15) is 29.6 Å². The molecular formula is C23H23ClN5O7P. The maximum atomic E-state index is 13.9. The largest absolute Gasteiger partial charge is 0.422 e. The minimum absolute atomic E-state index is 0.0903. The summed E-state index contributed by atoms with van der Waals surface area (Å²) in [5.41, 5.74) is 8.34. The van der Waals surface area contributed by atoms with Crippen molar-refractivity contribution in [2.24, 2.45) is 5.11 Å². The average molecular weight is 548 g/mol. The molecule has 2 heterocycles. The van der Waals surface area contributed by atoms with E-state index in [-0.39, 0.29) is 23.3 Å². The molecule has 5 atom stereocenters. The average Bonchev–Trinajstić information content (AvgIpc) is 3.28. The van der Waals surface area contributed by atoms with Crippen LogP contribution in [0.15, 0.2) is 75.5 Å². The van der Waals surface area contributed by atoms with Gasteiger partial charge in [0.1, 0.15) is 12.0 Å². The van der Waals surface area contributed by atoms with Gasteiger partial charge in [0.05, 0.1) is 18.8 Å². The Labute approximate surface area is 215 Å². The van der Waals surface area contributed by atoms with Crippen LogP contribution in [0, 0.1) is 6.92 Å². The van der Waals surface area contributed by atoms with Gasteiger partial charge in [0.15, 0.2) is 5.85 Å². The number of nitrogens with one attached hydrogen (secondary N) is 1. The SMILES string of the molecule is Cc1cn([C@H]2C[C@H](N=[N+]=[N-])[C@@H](COP(=O)(Oc3ccccc3)C(O)c3ccc(Cl)cc3)O2)c(=O)[nH]c1=O. The number of benzene rings is 2. The molecule has 0 radical (unpaired) electrons. The van der Waals surface area contributed by atoms with Gasteiger partial charge in [-0.15, -0.1) is 0 Å². The van der Waals surface area contributed by atoms with Crippen LogP contribution in [0.3, 0.4) is 0 Å². The van der Waals surface area contributed by atoms with Crippen LogP contribution < -0.4 is 15.8 Å². The zero-order valence-electron chi connectivity index (χ0n) is 19.5. The molecular weight excluding hydrogens is 525 g/mol. The standard InChI is InChI=1S/C23H23ClN5O7P/c1-14-12-29(23(32)26-21(14)30)20-11-18(27-28-25)19(35-20)13-34-37(33,36-17-5-3-2-4-6-17)22(31)15-7-9-16(24)10-8-15/h2-10,12,18-20,22,31H,11,13H2,1H3,(H,26,30,32)/t18-,19+,20+,22?,37?/m0/s1. The summed E-state index contributed by atoms with van der Waals surface area (Å²) in [4.78, 5) is 29.1. The maximum Gasteiger partial charge on any atom is 0.412 e. The highest BCUT2D eigenvalue weighted by atomic mass is 35.5. The predicted octanol–water partition coefficient (Wildman–Crippen LogP) is 4.44. The van der Waals surface area contributed by atoms with Crippen molar-refractivity contribution >= 4 is 19.2 Å². The van der Waals surface area contributed by atoms with Crippen molar-refractivity contribution < 1.29 is 23.5 Å². The van der Waals surface area contributed by atoms with Crippen molar-refractivity contribution in [1.29, 1.82) is 0 Å². The van der Waals surface area contributed by atoms with E-state index in [0.717, 1.165) is 0 Å². The smallest absolute Gasteiger partial charge is 0.412 e. The molecule has 2 unspecified atom stereocenters. The molecule has 37 heavy (non-hydrogen) atoms. The molecule has 1 saturated heterocycles. The number of nitrogens with zero attached hydrogens (tertiary/aromatic N) is 4. The lowest BCUT2D eigenvalue weighted by molar-refractivity contribution is -0.0252. The van der Waals surface area contributed by atoms with Crippen molar-refractivity contribution in [2.75, 3.05) is 6.61 Å². The summed E-state index contributed by atoms with van der Waals surface area (Å²) in [6, 6.07) is 13.4. The Hall–Kier alpha value is -3.37. The van der Waals surface area contributed by atoms with Crippen molar-refractivity contribution in [3.05, 3.63) is 108 Å². The number of rotatable bonds is 9. The number of azide groups is 1. The van der Waals surface area contributed by atoms with E-state index in [4.69, 9.17) is 30.9 Å². The molecule has 1 aromatic heterocycles. The molecule has 14 heteroatoms. The fourth-order valence-corrected chi connectivity index (χ4v) is 5.52. The number of H-pyrrole nitrogens is 1. The summed E-state index contributed by atoms with van der Waals surface area (Å²) in [5, 5.41) is 15.2. The van der Waals surface area contributed by atoms with E-state index in [1.54, 1.807) is 30.3 Å². The summed E-state index contributed by atoms with van der Waals surface area (Å²) in [7, 11) is -4.30. The summed E-state index contributed by atoms with van der Waals surface area (Å²) in [5.74, 6) is -1.48. The van der Waals surface area contributed by atoms with E-state index < -0.39 is 49.7 Å². The molecule has 3 aromatic rings. The lowest BCUT2D eigenvalue weighted by atomic mass is 10.1. The van der Waals surface area contributed by atoms with E-state index in [0.29, 0.717) is 5.02 Å². The minimum atomic E-state index is -4.30. The van der Waals surface area contributed by atoms with Gasteiger partial charge in [-0.1, -0.05) is 47.0 Å². The van der Waals surface area contributed by atoms with Gasteiger partial charge in [-0.25, -0.2) is 9.36 Å². The lowest BCUT2D eigenvalue weighted by Gasteiger charge is -2.26. The van der Waals surface area contributed by atoms with Gasteiger partial charge in [0, 0.05) is 28.1 Å². The Bertz CT molecular complexity index is 1460. The first-order valence-electron chi connectivity index (χ1n) is 11.1. The molecule has 0 saturated carbocycles. The van der Waals surface area contributed by atoms with Crippen LogP contribution in [-0.4, -0.2) is 33.4 Å². The number of halogens is 1. The summed E-state index contributed by atoms with van der Waals surface area (Å²) in [6.45, 7) is 1.14. The van der Waals surface area contributed by atoms with Gasteiger partial charge in [-0.05, 0) is 42.3 Å². The first-order valence-corrected chi connectivity index (χ1v) is 13.1. The Kier molecular flexibility index (Phi) is 8.19. The monoisotopic (exact) mass is 547 g/mol. The lowest BCUT2D eigenvalue weighted by Crippen LogP contribution is -2.33. The molecule has 0 spiro atoms. The second kappa shape index (κ2) is 11.4. The quantitative estimate of drug-likeness (QED) is 0.172. The Morgan fingerprint density at radius 1 is 1.27 bits per heavy atom. The molecule has 194 valence electrons. The van der Waals surface area contributed by atoms with Crippen molar-refractivity contribution in [1.82, 2.24) is 9.55 Å². The van der Waals surface area contributed by atoms with Crippen molar-refractivity contribution in [2.45, 2.75) is 37.6 Å². The first kappa shape index (κ1) is 26.7. The Morgan fingerprint density at radius 3 is 2.65 bits per heavy atom. The van der Waals surface area contributed by atoms with Gasteiger partial charge in [-0.3, -0.25) is 18.9 Å². The number of aromatic nitrogens is 2. The van der Waals surface area contributed by atoms with Crippen LogP contribution in [0.2, 0.25) is 5.02 Å². The normalized spacial score (nSPS) is 21.5. The van der Waals surface area contributed by atoms with Gasteiger partial charge < -0.3 is 14.4 Å². The number of aliphatic hydroxyl groups is 1. The minimum Gasteiger partial charge on any atom is -0.422 e. The molecule has 4 rings (SSSR count). The second-order valence-corrected chi connectivity index (χ2v) is 10.7. The number of hydrogen-bond donors (Lipinski definition) is 2. The Balaban J connectivity index is 1.59. The van der Waals surface area contributed by atoms with Crippen LogP contribution >= 0.6 is 19.2 Å². The van der Waals surface area contributed by atoms with Gasteiger partial charge in [-0.2, -0.15) is 0 Å². The highest BCUT2D eigenvalue weighted by Crippen LogP contribution is 2.59. The number of ether oxygens (including phenoxy) is 1. The van der Waals surface area contributed by atoms with E-state index in [9.17, 15) is 19.3 Å². The summed E-state index contributed by atoms with van der Waals surface area (Å²) < 4.78 is 32.3. The fourth-order valence-electron chi connectivity index (χ4n) is 3.79. The highest BCUT2D eigenvalue weighted by Gasteiger charge is 2.42. The molecule has 0 bridgehead atoms. The van der Waals surface area contributed by atoms with Crippen LogP contribution in [0.5, 0.6) is 5.75 Å². The maximum absolute atomic E-state index is 13.9. The number of aliphatic hydroxyl groups excluding tert-OH is 1. The van der Waals surface area contributed by atoms with Gasteiger partial charge >= 0.3 is 13.3 Å². The first-order chi connectivity index (χ1) is 17.7. The zero-order valence-corrected chi connectivity index (χ0v) is 21.2. The third-order valence-corrected chi connectivity index (χ3v) is 7.85. The molecule has 0 amide bonds. The third-order valence-electron chi connectivity index (χ3n) is 5.72. The van der Waals surface area contributed by atoms with Gasteiger partial charge in [0.2, 0.25) is 0 Å². The van der Waals surface area contributed by atoms with Crippen LogP contribution in [0.25, 0.3) is 10.4 Å². The number of hydrogen-bond acceptors (Lipinski definition) is 8. The molecule has 2 N–H and O–H groups in total. The van der Waals surface area contributed by atoms with Gasteiger partial charge in [0.25, 0.3) is 5.56 Å². The van der Waals surface area contributed by atoms with E-state index in [1.807, 2.05) is 0 Å². The topological polar surface area (TPSA) is 169 Å². The number of aromatic amines is 1.